The standard InChI is InChI=1S/C22H21N3O/c1-15(26)17-6-8-19(9-7-17)25-14-16-2-4-18(5-3-16)20-10-12-23-22-21(20)11-13-24-22/h2-13,15,25-26H,14H2,1H3,(H,23,24). The lowest BCUT2D eigenvalue weighted by atomic mass is 10.0. The van der Waals surface area contributed by atoms with Crippen LogP contribution in [0, 0.1) is 0 Å². The molecule has 3 N–H and O–H groups in total. The van der Waals surface area contributed by atoms with E-state index in [0.717, 1.165) is 28.8 Å². The molecule has 0 aliphatic carbocycles. The van der Waals surface area contributed by atoms with Crippen molar-refractivity contribution in [3.8, 4) is 11.1 Å². The van der Waals surface area contributed by atoms with Crippen molar-refractivity contribution in [2.45, 2.75) is 19.6 Å². The lowest BCUT2D eigenvalue weighted by Crippen LogP contribution is -2.00. The van der Waals surface area contributed by atoms with Crippen LogP contribution in [-0.2, 0) is 6.54 Å². The van der Waals surface area contributed by atoms with Gasteiger partial charge < -0.3 is 15.4 Å². The number of fused-ring (bicyclic) bond motifs is 1. The second kappa shape index (κ2) is 7.02. The van der Waals surface area contributed by atoms with E-state index in [0.29, 0.717) is 0 Å². The Balaban J connectivity index is 1.47. The predicted molar refractivity (Wildman–Crippen MR) is 106 cm³/mol. The molecule has 2 heterocycles. The van der Waals surface area contributed by atoms with E-state index < -0.39 is 6.10 Å². The van der Waals surface area contributed by atoms with Gasteiger partial charge in [-0.15, -0.1) is 0 Å². The quantitative estimate of drug-likeness (QED) is 0.483. The van der Waals surface area contributed by atoms with Gasteiger partial charge in [0.25, 0.3) is 0 Å². The summed E-state index contributed by atoms with van der Waals surface area (Å²) in [5, 5.41) is 14.1. The van der Waals surface area contributed by atoms with Crippen LogP contribution in [0.25, 0.3) is 22.2 Å². The molecule has 4 aromatic rings. The largest absolute Gasteiger partial charge is 0.389 e. The molecule has 1 atom stereocenters. The normalized spacial score (nSPS) is 12.2. The Bertz CT molecular complexity index is 1000. The van der Waals surface area contributed by atoms with E-state index in [1.54, 1.807) is 6.92 Å². The first kappa shape index (κ1) is 16.4. The fraction of sp³-hybridized carbons (Fsp3) is 0.136. The minimum absolute atomic E-state index is 0.434. The Labute approximate surface area is 152 Å². The van der Waals surface area contributed by atoms with Crippen LogP contribution in [0.5, 0.6) is 0 Å². The molecule has 0 bridgehead atoms. The number of hydrogen-bond donors (Lipinski definition) is 3. The van der Waals surface area contributed by atoms with Gasteiger partial charge in [0, 0.05) is 30.0 Å². The van der Waals surface area contributed by atoms with Crippen LogP contribution in [0.4, 0.5) is 5.69 Å². The topological polar surface area (TPSA) is 60.9 Å². The number of benzene rings is 2. The molecule has 2 aromatic carbocycles. The molecule has 4 rings (SSSR count). The van der Waals surface area contributed by atoms with Gasteiger partial charge in [0.1, 0.15) is 5.65 Å². The highest BCUT2D eigenvalue weighted by molar-refractivity contribution is 5.92. The summed E-state index contributed by atoms with van der Waals surface area (Å²) in [6, 6.07) is 20.6. The monoisotopic (exact) mass is 343 g/mol. The van der Waals surface area contributed by atoms with E-state index in [9.17, 15) is 5.11 Å². The SMILES string of the molecule is CC(O)c1ccc(NCc2ccc(-c3ccnc4[nH]ccc34)cc2)cc1. The third-order valence-corrected chi connectivity index (χ3v) is 4.61. The number of nitrogens with one attached hydrogen (secondary N) is 2. The summed E-state index contributed by atoms with van der Waals surface area (Å²) in [6.45, 7) is 2.53. The molecule has 0 aliphatic rings. The molecule has 4 heteroatoms. The van der Waals surface area contributed by atoms with E-state index in [-0.39, 0.29) is 0 Å². The maximum atomic E-state index is 9.57. The summed E-state index contributed by atoms with van der Waals surface area (Å²) in [5.41, 5.74) is 6.46. The Morgan fingerprint density at radius 2 is 1.77 bits per heavy atom. The van der Waals surface area contributed by atoms with Crippen molar-refractivity contribution in [2.24, 2.45) is 0 Å². The fourth-order valence-corrected chi connectivity index (χ4v) is 3.10. The zero-order valence-electron chi connectivity index (χ0n) is 14.6. The van der Waals surface area contributed by atoms with Gasteiger partial charge in [0.05, 0.1) is 6.10 Å². The van der Waals surface area contributed by atoms with Crippen LogP contribution in [0.2, 0.25) is 0 Å². The van der Waals surface area contributed by atoms with E-state index in [4.69, 9.17) is 0 Å². The Morgan fingerprint density at radius 3 is 2.50 bits per heavy atom. The first-order chi connectivity index (χ1) is 12.7. The van der Waals surface area contributed by atoms with Crippen molar-refractivity contribution >= 4 is 16.7 Å². The molecule has 0 radical (unpaired) electrons. The minimum atomic E-state index is -0.434. The third kappa shape index (κ3) is 3.32. The van der Waals surface area contributed by atoms with E-state index >= 15 is 0 Å². The van der Waals surface area contributed by atoms with Crippen molar-refractivity contribution in [1.82, 2.24) is 9.97 Å². The summed E-state index contributed by atoms with van der Waals surface area (Å²) >= 11 is 0. The number of aliphatic hydroxyl groups excluding tert-OH is 1. The average molecular weight is 343 g/mol. The van der Waals surface area contributed by atoms with E-state index in [2.05, 4.69) is 45.6 Å². The number of pyridine rings is 1. The Hall–Kier alpha value is -3.11. The highest BCUT2D eigenvalue weighted by Gasteiger charge is 2.05. The summed E-state index contributed by atoms with van der Waals surface area (Å²) in [7, 11) is 0. The summed E-state index contributed by atoms with van der Waals surface area (Å²) in [5.74, 6) is 0. The molecule has 0 saturated heterocycles. The summed E-state index contributed by atoms with van der Waals surface area (Å²) in [4.78, 5) is 7.50. The zero-order chi connectivity index (χ0) is 17.9. The van der Waals surface area contributed by atoms with Crippen LogP contribution in [0.3, 0.4) is 0 Å². The fourth-order valence-electron chi connectivity index (χ4n) is 3.10. The first-order valence-electron chi connectivity index (χ1n) is 8.74. The van der Waals surface area contributed by atoms with Crippen molar-refractivity contribution in [2.75, 3.05) is 5.32 Å². The Kier molecular flexibility index (Phi) is 4.42. The minimum Gasteiger partial charge on any atom is -0.389 e. The van der Waals surface area contributed by atoms with Crippen LogP contribution in [-0.4, -0.2) is 15.1 Å². The lowest BCUT2D eigenvalue weighted by molar-refractivity contribution is 0.199. The maximum Gasteiger partial charge on any atom is 0.137 e. The van der Waals surface area contributed by atoms with Gasteiger partial charge >= 0.3 is 0 Å². The number of aromatic amines is 1. The van der Waals surface area contributed by atoms with Crippen LogP contribution in [0.1, 0.15) is 24.2 Å². The van der Waals surface area contributed by atoms with Crippen LogP contribution < -0.4 is 5.32 Å². The lowest BCUT2D eigenvalue weighted by Gasteiger charge is -2.10. The second-order valence-electron chi connectivity index (χ2n) is 6.45. The molecule has 0 fully saturated rings. The first-order valence-corrected chi connectivity index (χ1v) is 8.74. The summed E-state index contributed by atoms with van der Waals surface area (Å²) in [6.07, 6.45) is 3.32. The summed E-state index contributed by atoms with van der Waals surface area (Å²) < 4.78 is 0. The highest BCUT2D eigenvalue weighted by Crippen LogP contribution is 2.27. The van der Waals surface area contributed by atoms with E-state index in [1.807, 2.05) is 42.7 Å². The smallest absolute Gasteiger partial charge is 0.137 e. The third-order valence-electron chi connectivity index (χ3n) is 4.61. The second-order valence-corrected chi connectivity index (χ2v) is 6.45. The van der Waals surface area contributed by atoms with Gasteiger partial charge in [0.15, 0.2) is 0 Å². The van der Waals surface area contributed by atoms with Gasteiger partial charge in [0.2, 0.25) is 0 Å². The molecular formula is C22H21N3O. The number of aliphatic hydroxyl groups is 1. The average Bonchev–Trinajstić information content (AvgIpc) is 3.16. The molecule has 4 nitrogen and oxygen atoms in total. The molecule has 0 amide bonds. The number of anilines is 1. The van der Waals surface area contributed by atoms with Gasteiger partial charge in [-0.1, -0.05) is 36.4 Å². The van der Waals surface area contributed by atoms with Crippen molar-refractivity contribution in [3.63, 3.8) is 0 Å². The van der Waals surface area contributed by atoms with Crippen molar-refractivity contribution in [3.05, 3.63) is 84.2 Å². The van der Waals surface area contributed by atoms with Crippen LogP contribution in [0.15, 0.2) is 73.1 Å². The highest BCUT2D eigenvalue weighted by atomic mass is 16.3. The predicted octanol–water partition coefficient (Wildman–Crippen LogP) is 4.90. The van der Waals surface area contributed by atoms with Gasteiger partial charge in [-0.3, -0.25) is 0 Å². The van der Waals surface area contributed by atoms with Crippen LogP contribution >= 0.6 is 0 Å². The number of aromatic nitrogens is 2. The molecule has 26 heavy (non-hydrogen) atoms. The van der Waals surface area contributed by atoms with Gasteiger partial charge in [-0.05, 0) is 53.4 Å². The molecule has 130 valence electrons. The number of H-pyrrole nitrogens is 1. The van der Waals surface area contributed by atoms with Gasteiger partial charge in [-0.25, -0.2) is 4.98 Å². The maximum absolute atomic E-state index is 9.57. The number of nitrogens with zero attached hydrogens (tertiary/aromatic N) is 1. The molecule has 0 saturated carbocycles. The van der Waals surface area contributed by atoms with Crippen molar-refractivity contribution in [1.29, 1.82) is 0 Å². The molecule has 0 spiro atoms. The molecule has 2 aromatic heterocycles. The molecule has 1 unspecified atom stereocenters. The molecule has 0 aliphatic heterocycles. The van der Waals surface area contributed by atoms with E-state index in [1.165, 1.54) is 16.7 Å². The number of rotatable bonds is 5. The van der Waals surface area contributed by atoms with Gasteiger partial charge in [-0.2, -0.15) is 0 Å². The zero-order valence-corrected chi connectivity index (χ0v) is 14.6. The molecular weight excluding hydrogens is 322 g/mol. The van der Waals surface area contributed by atoms with Crippen molar-refractivity contribution < 1.29 is 5.11 Å². The Morgan fingerprint density at radius 1 is 1.00 bits per heavy atom. The number of hydrogen-bond acceptors (Lipinski definition) is 3.